The molecule has 1 aliphatic rings. The van der Waals surface area contributed by atoms with E-state index in [0.717, 1.165) is 37.9 Å². The molecule has 104 valence electrons. The van der Waals surface area contributed by atoms with Crippen LogP contribution in [0, 0.1) is 6.92 Å². The number of hydrogen-bond donors (Lipinski definition) is 2. The van der Waals surface area contributed by atoms with E-state index in [1.54, 1.807) is 6.92 Å². The lowest BCUT2D eigenvalue weighted by Crippen LogP contribution is -2.45. The highest BCUT2D eigenvalue weighted by Crippen LogP contribution is 2.20. The third-order valence-corrected chi connectivity index (χ3v) is 3.68. The van der Waals surface area contributed by atoms with Crippen molar-refractivity contribution in [3.63, 3.8) is 0 Å². The molecule has 0 aromatic carbocycles. The fourth-order valence-corrected chi connectivity index (χ4v) is 2.66. The normalized spacial score (nSPS) is 19.5. The molecule has 1 amide bonds. The Morgan fingerprint density at radius 3 is 3.00 bits per heavy atom. The van der Waals surface area contributed by atoms with Crippen molar-refractivity contribution >= 4 is 5.91 Å². The zero-order valence-electron chi connectivity index (χ0n) is 11.3. The van der Waals surface area contributed by atoms with Crippen molar-refractivity contribution in [2.24, 2.45) is 5.73 Å². The Kier molecular flexibility index (Phi) is 4.37. The molecule has 1 aliphatic heterocycles. The van der Waals surface area contributed by atoms with Gasteiger partial charge in [0.2, 0.25) is 0 Å². The fraction of sp³-hybridized carbons (Fsp3) is 0.571. The van der Waals surface area contributed by atoms with E-state index in [9.17, 15) is 9.59 Å². The second-order valence-electron chi connectivity index (χ2n) is 5.12. The molecule has 1 unspecified atom stereocenters. The van der Waals surface area contributed by atoms with Gasteiger partial charge in [0.1, 0.15) is 5.56 Å². The zero-order valence-corrected chi connectivity index (χ0v) is 11.3. The van der Waals surface area contributed by atoms with Crippen LogP contribution in [0.4, 0.5) is 0 Å². The van der Waals surface area contributed by atoms with Gasteiger partial charge in [-0.05, 0) is 39.2 Å². The van der Waals surface area contributed by atoms with E-state index in [1.807, 2.05) is 4.90 Å². The quantitative estimate of drug-likeness (QED) is 0.854. The van der Waals surface area contributed by atoms with Crippen LogP contribution in [0.1, 0.15) is 41.7 Å². The summed E-state index contributed by atoms with van der Waals surface area (Å²) in [4.78, 5) is 29.1. The number of nitrogens with one attached hydrogen (secondary N) is 1. The summed E-state index contributed by atoms with van der Waals surface area (Å²) >= 11 is 0. The van der Waals surface area contributed by atoms with E-state index in [2.05, 4.69) is 4.98 Å². The molecule has 2 heterocycles. The highest BCUT2D eigenvalue weighted by Gasteiger charge is 2.28. The lowest BCUT2D eigenvalue weighted by molar-refractivity contribution is 0.0603. The number of amides is 1. The lowest BCUT2D eigenvalue weighted by atomic mass is 9.98. The Labute approximate surface area is 112 Å². The van der Waals surface area contributed by atoms with E-state index in [0.29, 0.717) is 6.54 Å². The van der Waals surface area contributed by atoms with E-state index in [4.69, 9.17) is 5.73 Å². The second kappa shape index (κ2) is 6.02. The van der Waals surface area contributed by atoms with Crippen LogP contribution in [0.3, 0.4) is 0 Å². The van der Waals surface area contributed by atoms with Gasteiger partial charge in [0.15, 0.2) is 5.43 Å². The van der Waals surface area contributed by atoms with Crippen molar-refractivity contribution in [1.29, 1.82) is 0 Å². The number of aryl methyl sites for hydroxylation is 1. The first-order valence-corrected chi connectivity index (χ1v) is 6.84. The third-order valence-electron chi connectivity index (χ3n) is 3.68. The van der Waals surface area contributed by atoms with Crippen molar-refractivity contribution in [3.05, 3.63) is 33.7 Å². The Hall–Kier alpha value is -1.62. The van der Waals surface area contributed by atoms with Crippen molar-refractivity contribution in [1.82, 2.24) is 9.88 Å². The SMILES string of the molecule is Cc1cc(=O)c(C(=O)N2CCCCC2CCN)c[nH]1. The molecule has 5 nitrogen and oxygen atoms in total. The monoisotopic (exact) mass is 263 g/mol. The highest BCUT2D eigenvalue weighted by atomic mass is 16.2. The number of aromatic amines is 1. The standard InChI is InChI=1S/C14H21N3O2/c1-10-8-13(18)12(9-16-10)14(19)17-7-3-2-4-11(17)5-6-15/h8-9,11H,2-7,15H2,1H3,(H,16,18). The minimum Gasteiger partial charge on any atom is -0.364 e. The Morgan fingerprint density at radius 2 is 2.32 bits per heavy atom. The number of piperidine rings is 1. The second-order valence-corrected chi connectivity index (χ2v) is 5.12. The first-order chi connectivity index (χ1) is 9.13. The molecule has 0 saturated carbocycles. The van der Waals surface area contributed by atoms with Gasteiger partial charge >= 0.3 is 0 Å². The Morgan fingerprint density at radius 1 is 1.53 bits per heavy atom. The van der Waals surface area contributed by atoms with Crippen LogP contribution in [0.2, 0.25) is 0 Å². The van der Waals surface area contributed by atoms with Crippen molar-refractivity contribution < 1.29 is 4.79 Å². The summed E-state index contributed by atoms with van der Waals surface area (Å²) in [6.07, 6.45) is 5.42. The average Bonchev–Trinajstić information content (AvgIpc) is 2.39. The molecule has 1 aromatic rings. The van der Waals surface area contributed by atoms with Gasteiger partial charge in [0.25, 0.3) is 5.91 Å². The number of hydrogen-bond acceptors (Lipinski definition) is 3. The van der Waals surface area contributed by atoms with Gasteiger partial charge in [0.05, 0.1) is 0 Å². The minimum atomic E-state index is -0.210. The smallest absolute Gasteiger partial charge is 0.259 e. The van der Waals surface area contributed by atoms with Crippen LogP contribution in [0.5, 0.6) is 0 Å². The van der Waals surface area contributed by atoms with Crippen LogP contribution in [-0.4, -0.2) is 34.9 Å². The molecule has 2 rings (SSSR count). The molecule has 1 aromatic heterocycles. The van der Waals surface area contributed by atoms with Crippen LogP contribution >= 0.6 is 0 Å². The van der Waals surface area contributed by atoms with Gasteiger partial charge in [-0.3, -0.25) is 9.59 Å². The van der Waals surface area contributed by atoms with Gasteiger partial charge < -0.3 is 15.6 Å². The fourth-order valence-electron chi connectivity index (χ4n) is 2.66. The van der Waals surface area contributed by atoms with Crippen LogP contribution in [0.25, 0.3) is 0 Å². The van der Waals surface area contributed by atoms with Crippen molar-refractivity contribution in [3.8, 4) is 0 Å². The van der Waals surface area contributed by atoms with E-state index >= 15 is 0 Å². The van der Waals surface area contributed by atoms with Crippen LogP contribution in [-0.2, 0) is 0 Å². The molecule has 19 heavy (non-hydrogen) atoms. The maximum atomic E-state index is 12.5. The molecular formula is C14H21N3O2. The van der Waals surface area contributed by atoms with Crippen molar-refractivity contribution in [2.45, 2.75) is 38.6 Å². The van der Waals surface area contributed by atoms with Crippen LogP contribution in [0.15, 0.2) is 17.1 Å². The summed E-state index contributed by atoms with van der Waals surface area (Å²) in [5, 5.41) is 0. The number of H-pyrrole nitrogens is 1. The van der Waals surface area contributed by atoms with Gasteiger partial charge in [0, 0.05) is 30.5 Å². The molecule has 0 radical (unpaired) electrons. The number of rotatable bonds is 3. The molecule has 1 atom stereocenters. The van der Waals surface area contributed by atoms with Crippen LogP contribution < -0.4 is 11.2 Å². The lowest BCUT2D eigenvalue weighted by Gasteiger charge is -2.35. The number of aromatic nitrogens is 1. The maximum absolute atomic E-state index is 12.5. The molecule has 1 fully saturated rings. The van der Waals surface area contributed by atoms with E-state index < -0.39 is 0 Å². The maximum Gasteiger partial charge on any atom is 0.259 e. The molecule has 5 heteroatoms. The summed E-state index contributed by atoms with van der Waals surface area (Å²) in [6.45, 7) is 3.09. The predicted molar refractivity (Wildman–Crippen MR) is 74.1 cm³/mol. The summed E-state index contributed by atoms with van der Waals surface area (Å²) < 4.78 is 0. The largest absolute Gasteiger partial charge is 0.364 e. The number of carbonyl (C=O) groups is 1. The van der Waals surface area contributed by atoms with Gasteiger partial charge in [-0.25, -0.2) is 0 Å². The number of carbonyl (C=O) groups excluding carboxylic acids is 1. The molecule has 0 spiro atoms. The number of likely N-dealkylation sites (tertiary alicyclic amines) is 1. The van der Waals surface area contributed by atoms with Gasteiger partial charge in [-0.15, -0.1) is 0 Å². The number of nitrogens with zero attached hydrogens (tertiary/aromatic N) is 1. The van der Waals surface area contributed by atoms with E-state index in [1.165, 1.54) is 12.3 Å². The summed E-state index contributed by atoms with van der Waals surface area (Å²) in [5.74, 6) is -0.167. The summed E-state index contributed by atoms with van der Waals surface area (Å²) in [6, 6.07) is 1.64. The average molecular weight is 263 g/mol. The molecule has 3 N–H and O–H groups in total. The summed E-state index contributed by atoms with van der Waals surface area (Å²) in [7, 11) is 0. The topological polar surface area (TPSA) is 79.2 Å². The first-order valence-electron chi connectivity index (χ1n) is 6.84. The number of pyridine rings is 1. The first kappa shape index (κ1) is 13.8. The predicted octanol–water partition coefficient (Wildman–Crippen LogP) is 1.03. The van der Waals surface area contributed by atoms with Gasteiger partial charge in [-0.2, -0.15) is 0 Å². The highest BCUT2D eigenvalue weighted by molar-refractivity contribution is 5.94. The third kappa shape index (κ3) is 3.04. The van der Waals surface area contributed by atoms with Crippen molar-refractivity contribution in [2.75, 3.05) is 13.1 Å². The van der Waals surface area contributed by atoms with Gasteiger partial charge in [-0.1, -0.05) is 0 Å². The Balaban J connectivity index is 2.23. The molecule has 1 saturated heterocycles. The number of nitrogens with two attached hydrogens (primary N) is 1. The Bertz CT molecular complexity index is 508. The zero-order chi connectivity index (χ0) is 13.8. The van der Waals surface area contributed by atoms with E-state index in [-0.39, 0.29) is 22.9 Å². The molecule has 0 bridgehead atoms. The molecule has 0 aliphatic carbocycles. The minimum absolute atomic E-state index is 0.167. The molecular weight excluding hydrogens is 242 g/mol. The summed E-state index contributed by atoms with van der Waals surface area (Å²) in [5.41, 5.74) is 6.39.